The van der Waals surface area contributed by atoms with Gasteiger partial charge in [-0.15, -0.1) is 10.2 Å². The highest BCUT2D eigenvalue weighted by molar-refractivity contribution is 5.85. The second kappa shape index (κ2) is 5.98. The van der Waals surface area contributed by atoms with Crippen LogP contribution in [0.3, 0.4) is 0 Å². The van der Waals surface area contributed by atoms with Crippen LogP contribution in [0.1, 0.15) is 12.5 Å². The van der Waals surface area contributed by atoms with Crippen molar-refractivity contribution in [3.05, 3.63) is 29.8 Å². The molecule has 1 amide bonds. The Kier molecular flexibility index (Phi) is 4.29. The molecule has 8 heteroatoms. The van der Waals surface area contributed by atoms with Crippen molar-refractivity contribution < 1.29 is 14.4 Å². The molecule has 1 aromatic carbocycles. The van der Waals surface area contributed by atoms with Crippen LogP contribution in [0.25, 0.3) is 11.4 Å². The topological polar surface area (TPSA) is 91.2 Å². The molecule has 0 aliphatic heterocycles. The van der Waals surface area contributed by atoms with Gasteiger partial charge >= 0.3 is 0 Å². The van der Waals surface area contributed by atoms with Crippen LogP contribution in [-0.2, 0) is 27.0 Å². The van der Waals surface area contributed by atoms with E-state index in [0.717, 1.165) is 5.56 Å². The van der Waals surface area contributed by atoms with E-state index in [-0.39, 0.29) is 0 Å². The smallest absolute Gasteiger partial charge is 0.280 e. The first-order valence-electron chi connectivity index (χ1n) is 6.24. The maximum absolute atomic E-state index is 12.1. The zero-order valence-electron chi connectivity index (χ0n) is 12.3. The number of methoxy groups -OCH3 is 1. The van der Waals surface area contributed by atoms with Crippen LogP contribution >= 0.6 is 0 Å². The fourth-order valence-corrected chi connectivity index (χ4v) is 1.87. The van der Waals surface area contributed by atoms with Crippen molar-refractivity contribution in [2.45, 2.75) is 12.5 Å². The molecule has 112 valence electrons. The lowest BCUT2D eigenvalue weighted by Crippen LogP contribution is -2.43. The number of nitrogens with one attached hydrogen (secondary N) is 1. The molecule has 0 aliphatic rings. The largest absolute Gasteiger partial charge is 0.364 e. The molecule has 8 nitrogen and oxygen atoms in total. The number of hydrogen-bond acceptors (Lipinski definition) is 6. The number of aromatic nitrogens is 4. The van der Waals surface area contributed by atoms with Crippen molar-refractivity contribution in [1.29, 1.82) is 0 Å². The van der Waals surface area contributed by atoms with Gasteiger partial charge in [0.25, 0.3) is 5.91 Å². The van der Waals surface area contributed by atoms with E-state index in [1.54, 1.807) is 26.1 Å². The van der Waals surface area contributed by atoms with Crippen LogP contribution < -0.4 is 5.48 Å². The maximum atomic E-state index is 12.1. The average Bonchev–Trinajstić information content (AvgIpc) is 2.93. The van der Waals surface area contributed by atoms with E-state index in [2.05, 4.69) is 25.7 Å². The number of tetrazole rings is 1. The quantitative estimate of drug-likeness (QED) is 0.803. The van der Waals surface area contributed by atoms with Crippen molar-refractivity contribution in [2.24, 2.45) is 7.05 Å². The number of amides is 1. The Morgan fingerprint density at radius 3 is 2.43 bits per heavy atom. The molecule has 0 fully saturated rings. The van der Waals surface area contributed by atoms with Crippen LogP contribution in [0.15, 0.2) is 24.3 Å². The Morgan fingerprint density at radius 2 is 1.95 bits per heavy atom. The van der Waals surface area contributed by atoms with Crippen molar-refractivity contribution in [3.8, 4) is 11.4 Å². The number of rotatable bonds is 5. The minimum Gasteiger partial charge on any atom is -0.364 e. The summed E-state index contributed by atoms with van der Waals surface area (Å²) in [5.74, 6) is 0.127. The van der Waals surface area contributed by atoms with Gasteiger partial charge in [-0.1, -0.05) is 24.3 Å². The van der Waals surface area contributed by atoms with Crippen LogP contribution in [0.2, 0.25) is 0 Å². The van der Waals surface area contributed by atoms with E-state index in [0.29, 0.717) is 11.4 Å². The third kappa shape index (κ3) is 2.91. The monoisotopic (exact) mass is 291 g/mol. The lowest BCUT2D eigenvalue weighted by molar-refractivity contribution is -0.153. The summed E-state index contributed by atoms with van der Waals surface area (Å²) in [5, 5.41) is 11.8. The van der Waals surface area contributed by atoms with E-state index >= 15 is 0 Å². The van der Waals surface area contributed by atoms with Crippen LogP contribution in [0, 0.1) is 0 Å². The predicted octanol–water partition coefficient (Wildman–Crippen LogP) is 0.416. The van der Waals surface area contributed by atoms with Gasteiger partial charge in [0.1, 0.15) is 0 Å². The second-order valence-electron chi connectivity index (χ2n) is 4.55. The highest BCUT2D eigenvalue weighted by Crippen LogP contribution is 2.27. The van der Waals surface area contributed by atoms with Gasteiger partial charge in [0.15, 0.2) is 5.60 Å². The lowest BCUT2D eigenvalue weighted by Gasteiger charge is -2.26. The first-order valence-corrected chi connectivity index (χ1v) is 6.24. The Morgan fingerprint density at radius 1 is 1.29 bits per heavy atom. The van der Waals surface area contributed by atoms with Crippen molar-refractivity contribution in [3.63, 3.8) is 0 Å². The standard InChI is InChI=1S/C13H17N5O3/c1-13(20-3,12(19)16-21-4)10-7-5-9(6-8-10)11-14-17-18(2)15-11/h5-8H,1-4H3,(H,16,19). The number of benzene rings is 1. The van der Waals surface area contributed by atoms with Gasteiger partial charge in [0.05, 0.1) is 14.2 Å². The summed E-state index contributed by atoms with van der Waals surface area (Å²) in [6.45, 7) is 1.66. The Hall–Kier alpha value is -2.32. The van der Waals surface area contributed by atoms with Crippen LogP contribution in [0.4, 0.5) is 0 Å². The van der Waals surface area contributed by atoms with E-state index in [9.17, 15) is 4.79 Å². The van der Waals surface area contributed by atoms with E-state index in [1.807, 2.05) is 12.1 Å². The van der Waals surface area contributed by atoms with Crippen LogP contribution in [-0.4, -0.2) is 40.3 Å². The number of nitrogens with zero attached hydrogens (tertiary/aromatic N) is 4. The molecule has 0 radical (unpaired) electrons. The molecule has 0 aliphatic carbocycles. The number of hydrogen-bond donors (Lipinski definition) is 1. The molecule has 2 rings (SSSR count). The molecule has 0 saturated carbocycles. The number of carbonyl (C=O) groups excluding carboxylic acids is 1. The Labute approximate surface area is 122 Å². The third-order valence-corrected chi connectivity index (χ3v) is 3.24. The molecule has 0 bridgehead atoms. The summed E-state index contributed by atoms with van der Waals surface area (Å²) >= 11 is 0. The zero-order valence-corrected chi connectivity index (χ0v) is 12.3. The Bertz CT molecular complexity index is 625. The predicted molar refractivity (Wildman–Crippen MR) is 73.7 cm³/mol. The SMILES string of the molecule is CONC(=O)C(C)(OC)c1ccc(-c2nnn(C)n2)cc1. The van der Waals surface area contributed by atoms with Crippen LogP contribution in [0.5, 0.6) is 0 Å². The van der Waals surface area contributed by atoms with E-state index in [1.165, 1.54) is 19.0 Å². The first kappa shape index (κ1) is 15.1. The summed E-state index contributed by atoms with van der Waals surface area (Å²) in [6, 6.07) is 7.18. The number of aryl methyl sites for hydroxylation is 1. The average molecular weight is 291 g/mol. The number of ether oxygens (including phenoxy) is 1. The first-order chi connectivity index (χ1) is 10.0. The molecule has 1 unspecified atom stereocenters. The molecular formula is C13H17N5O3. The summed E-state index contributed by atoms with van der Waals surface area (Å²) in [6.07, 6.45) is 0. The van der Waals surface area contributed by atoms with Crippen molar-refractivity contribution >= 4 is 5.91 Å². The highest BCUT2D eigenvalue weighted by atomic mass is 16.6. The summed E-state index contributed by atoms with van der Waals surface area (Å²) in [4.78, 5) is 18.1. The Balaban J connectivity index is 2.30. The van der Waals surface area contributed by atoms with E-state index in [4.69, 9.17) is 4.74 Å². The lowest BCUT2D eigenvalue weighted by atomic mass is 9.94. The molecule has 1 heterocycles. The molecule has 1 atom stereocenters. The second-order valence-corrected chi connectivity index (χ2v) is 4.55. The molecule has 0 spiro atoms. The fourth-order valence-electron chi connectivity index (χ4n) is 1.87. The fraction of sp³-hybridized carbons (Fsp3) is 0.385. The zero-order chi connectivity index (χ0) is 15.5. The van der Waals surface area contributed by atoms with Gasteiger partial charge in [-0.25, -0.2) is 5.48 Å². The van der Waals surface area contributed by atoms with Crippen molar-refractivity contribution in [1.82, 2.24) is 25.7 Å². The number of carbonyl (C=O) groups is 1. The highest BCUT2D eigenvalue weighted by Gasteiger charge is 2.35. The van der Waals surface area contributed by atoms with Gasteiger partial charge < -0.3 is 4.74 Å². The van der Waals surface area contributed by atoms with Crippen molar-refractivity contribution in [2.75, 3.05) is 14.2 Å². The minimum absolute atomic E-state index is 0.391. The molecule has 1 N–H and O–H groups in total. The third-order valence-electron chi connectivity index (χ3n) is 3.24. The molecule has 0 saturated heterocycles. The van der Waals surface area contributed by atoms with Gasteiger partial charge in [-0.05, 0) is 17.7 Å². The van der Waals surface area contributed by atoms with Gasteiger partial charge in [-0.2, -0.15) is 4.80 Å². The number of hydroxylamine groups is 1. The molecule has 2 aromatic rings. The molecule has 1 aromatic heterocycles. The van der Waals surface area contributed by atoms with Gasteiger partial charge in [0.2, 0.25) is 5.82 Å². The summed E-state index contributed by atoms with van der Waals surface area (Å²) < 4.78 is 5.35. The maximum Gasteiger partial charge on any atom is 0.280 e. The van der Waals surface area contributed by atoms with Gasteiger partial charge in [0, 0.05) is 12.7 Å². The molecular weight excluding hydrogens is 274 g/mol. The molecule has 21 heavy (non-hydrogen) atoms. The summed E-state index contributed by atoms with van der Waals surface area (Å²) in [5.41, 5.74) is 2.63. The minimum atomic E-state index is -1.15. The normalized spacial score (nSPS) is 13.7. The van der Waals surface area contributed by atoms with Gasteiger partial charge in [-0.3, -0.25) is 9.63 Å². The van der Waals surface area contributed by atoms with E-state index < -0.39 is 11.5 Å². The summed E-state index contributed by atoms with van der Waals surface area (Å²) in [7, 11) is 4.53.